The van der Waals surface area contributed by atoms with Gasteiger partial charge in [0.25, 0.3) is 0 Å². The Bertz CT molecular complexity index is 1420. The first-order valence-electron chi connectivity index (χ1n) is 12.3. The molecule has 0 aliphatic carbocycles. The van der Waals surface area contributed by atoms with Gasteiger partial charge in [-0.15, -0.1) is 48.5 Å². The Morgan fingerprint density at radius 3 is 1.22 bits per heavy atom. The van der Waals surface area contributed by atoms with Crippen molar-refractivity contribution in [3.05, 3.63) is 132 Å². The molecule has 0 aromatic heterocycles. The summed E-state index contributed by atoms with van der Waals surface area (Å²) in [6.45, 7) is 4.42. The smallest absolute Gasteiger partial charge is 1.00 e. The van der Waals surface area contributed by atoms with E-state index in [1.54, 1.807) is 0 Å². The summed E-state index contributed by atoms with van der Waals surface area (Å²) in [7, 11) is 0. The van der Waals surface area contributed by atoms with E-state index in [0.717, 1.165) is 12.8 Å². The molecule has 0 amide bonds. The third kappa shape index (κ3) is 6.53. The van der Waals surface area contributed by atoms with E-state index < -0.39 is 0 Å². The van der Waals surface area contributed by atoms with Crippen molar-refractivity contribution >= 4 is 21.5 Å². The molecule has 0 spiro atoms. The number of hydrogen-bond acceptors (Lipinski definition) is 0. The fraction of sp³-hybridized carbons (Fsp3) is 0.118. The number of rotatable bonds is 4. The van der Waals surface area contributed by atoms with E-state index in [0.29, 0.717) is 0 Å². The molecule has 6 aromatic rings. The summed E-state index contributed by atoms with van der Waals surface area (Å²) in [5.41, 5.74) is 8.30. The van der Waals surface area contributed by atoms with Gasteiger partial charge >= 0.3 is 26.2 Å². The number of halogens is 2. The first-order valence-corrected chi connectivity index (χ1v) is 12.3. The zero-order chi connectivity index (χ0) is 23.3. The molecule has 0 N–H and O–H groups in total. The van der Waals surface area contributed by atoms with Crippen LogP contribution in [0.3, 0.4) is 0 Å². The molecule has 0 nitrogen and oxygen atoms in total. The Labute approximate surface area is 252 Å². The van der Waals surface area contributed by atoms with Gasteiger partial charge in [-0.3, -0.25) is 0 Å². The molecule has 0 fully saturated rings. The van der Waals surface area contributed by atoms with Gasteiger partial charge in [-0.25, -0.2) is 0 Å². The van der Waals surface area contributed by atoms with E-state index in [9.17, 15) is 0 Å². The number of hydrogen-bond donors (Lipinski definition) is 0. The summed E-state index contributed by atoms with van der Waals surface area (Å²) in [6.07, 6.45) is 2.16. The molecule has 0 bridgehead atoms. The van der Waals surface area contributed by atoms with Gasteiger partial charge in [0.1, 0.15) is 0 Å². The summed E-state index contributed by atoms with van der Waals surface area (Å²) in [4.78, 5) is 0. The van der Waals surface area contributed by atoms with Gasteiger partial charge in [-0.1, -0.05) is 154 Å². The van der Waals surface area contributed by atoms with Crippen molar-refractivity contribution in [1.82, 2.24) is 0 Å². The Morgan fingerprint density at radius 2 is 0.811 bits per heavy atom. The van der Waals surface area contributed by atoms with Crippen molar-refractivity contribution in [3.8, 4) is 22.3 Å². The molecule has 37 heavy (non-hydrogen) atoms. The topological polar surface area (TPSA) is 0 Å². The van der Waals surface area contributed by atoms with Crippen molar-refractivity contribution in [2.45, 2.75) is 26.7 Å². The monoisotopic (exact) mass is 598 g/mol. The minimum absolute atomic E-state index is 0. The van der Waals surface area contributed by atoms with Gasteiger partial charge in [-0.2, -0.15) is 0 Å². The van der Waals surface area contributed by atoms with Gasteiger partial charge in [0.2, 0.25) is 0 Å². The van der Waals surface area contributed by atoms with E-state index in [1.807, 2.05) is 0 Å². The molecule has 0 saturated carbocycles. The minimum atomic E-state index is 0. The maximum atomic E-state index is 2.24. The zero-order valence-corrected chi connectivity index (χ0v) is 25.2. The van der Waals surface area contributed by atoms with E-state index in [4.69, 9.17) is 0 Å². The predicted molar refractivity (Wildman–Crippen MR) is 149 cm³/mol. The average molecular weight is 601 g/mol. The Hall–Kier alpha value is -2.44. The van der Waals surface area contributed by atoms with Crippen LogP contribution in [0.1, 0.15) is 25.0 Å². The van der Waals surface area contributed by atoms with Gasteiger partial charge in [0.15, 0.2) is 0 Å². The van der Waals surface area contributed by atoms with Crippen LogP contribution in [0, 0.1) is 0 Å². The molecule has 0 saturated heterocycles. The second kappa shape index (κ2) is 14.5. The van der Waals surface area contributed by atoms with Gasteiger partial charge in [0, 0.05) is 0 Å². The largest absolute Gasteiger partial charge is 4.00 e. The molecule has 184 valence electrons. The van der Waals surface area contributed by atoms with Crippen LogP contribution < -0.4 is 24.8 Å². The van der Waals surface area contributed by atoms with Crippen LogP contribution in [-0.4, -0.2) is 0 Å². The first-order chi connectivity index (χ1) is 16.8. The summed E-state index contributed by atoms with van der Waals surface area (Å²) in [5, 5.41) is 5.36. The number of benzene rings is 4. The Morgan fingerprint density at radius 1 is 0.459 bits per heavy atom. The van der Waals surface area contributed by atoms with Crippen molar-refractivity contribution in [3.63, 3.8) is 0 Å². The van der Waals surface area contributed by atoms with Crippen LogP contribution in [0.15, 0.2) is 121 Å². The summed E-state index contributed by atoms with van der Waals surface area (Å²) in [5.74, 6) is 0. The third-order valence-electron chi connectivity index (χ3n) is 6.74. The summed E-state index contributed by atoms with van der Waals surface area (Å²) < 4.78 is 0. The molecule has 3 heteroatoms. The first kappa shape index (κ1) is 30.8. The molecule has 6 aromatic carbocycles. The zero-order valence-electron chi connectivity index (χ0n) is 21.2. The molecule has 0 radical (unpaired) electrons. The molecule has 6 rings (SSSR count). The van der Waals surface area contributed by atoms with Gasteiger partial charge < -0.3 is 24.8 Å². The molecular formula is C34H30Cl2Zr. The third-order valence-corrected chi connectivity index (χ3v) is 6.74. The molecule has 0 atom stereocenters. The van der Waals surface area contributed by atoms with E-state index >= 15 is 0 Å². The van der Waals surface area contributed by atoms with E-state index in [2.05, 4.69) is 135 Å². The molecule has 0 unspecified atom stereocenters. The number of fused-ring (bicyclic) bond motifs is 2. The van der Waals surface area contributed by atoms with Crippen molar-refractivity contribution < 1.29 is 51.0 Å². The van der Waals surface area contributed by atoms with Crippen molar-refractivity contribution in [2.24, 2.45) is 0 Å². The van der Waals surface area contributed by atoms with Crippen LogP contribution in [0.5, 0.6) is 0 Å². The number of aryl methyl sites for hydroxylation is 2. The van der Waals surface area contributed by atoms with Crippen molar-refractivity contribution in [2.75, 3.05) is 0 Å². The molecule has 0 aliphatic rings. The SMILES string of the molecule is CCc1ccccc1-[c-]1ccc2ccccc21.CCc1ccccc1-[c-]1ccc2ccccc21.[Cl-].[Cl-].[Zr+4]. The molecule has 0 heterocycles. The predicted octanol–water partition coefficient (Wildman–Crippen LogP) is 3.58. The summed E-state index contributed by atoms with van der Waals surface area (Å²) in [6, 6.07) is 43.4. The van der Waals surface area contributed by atoms with Crippen LogP contribution in [-0.2, 0) is 39.0 Å². The Balaban J connectivity index is 0.000000241. The van der Waals surface area contributed by atoms with Crippen LogP contribution in [0.4, 0.5) is 0 Å². The standard InChI is InChI=1S/2C17H15.2ClH.Zr/c2*1-2-13-7-3-5-9-15(13)17-12-11-14-8-4-6-10-16(14)17;;;/h2*3-12H,2H2,1H3;2*1H;/q2*-1;;;+4/p-2. The van der Waals surface area contributed by atoms with E-state index in [-0.39, 0.29) is 51.0 Å². The second-order valence-electron chi connectivity index (χ2n) is 8.69. The maximum absolute atomic E-state index is 2.24. The van der Waals surface area contributed by atoms with Crippen LogP contribution >= 0.6 is 0 Å². The fourth-order valence-electron chi connectivity index (χ4n) is 4.95. The normalized spacial score (nSPS) is 10.0. The quantitative estimate of drug-likeness (QED) is 0.272. The van der Waals surface area contributed by atoms with Gasteiger partial charge in [-0.05, 0) is 0 Å². The molecule has 0 aliphatic heterocycles. The maximum Gasteiger partial charge on any atom is 4.00 e. The second-order valence-corrected chi connectivity index (χ2v) is 8.69. The fourth-order valence-corrected chi connectivity index (χ4v) is 4.95. The average Bonchev–Trinajstić information content (AvgIpc) is 3.53. The summed E-state index contributed by atoms with van der Waals surface area (Å²) >= 11 is 0. The van der Waals surface area contributed by atoms with Crippen LogP contribution in [0.25, 0.3) is 43.8 Å². The Kier molecular flexibility index (Phi) is 12.1. The minimum Gasteiger partial charge on any atom is -1.00 e. The van der Waals surface area contributed by atoms with Crippen LogP contribution in [0.2, 0.25) is 0 Å². The van der Waals surface area contributed by atoms with Crippen molar-refractivity contribution in [1.29, 1.82) is 0 Å². The molecular weight excluding hydrogens is 571 g/mol. The van der Waals surface area contributed by atoms with Gasteiger partial charge in [0.05, 0.1) is 0 Å². The van der Waals surface area contributed by atoms with E-state index in [1.165, 1.54) is 54.9 Å².